The van der Waals surface area contributed by atoms with Gasteiger partial charge in [0.15, 0.2) is 0 Å². The SMILES string of the molecule is COC[C@@H]1CN(C[C@H]2CN(C(=O)OC(C)(C)C)[C@H](C)CN2)C(=O)CO1. The Kier molecular flexibility index (Phi) is 6.65. The molecule has 2 amide bonds. The third kappa shape index (κ3) is 5.83. The molecular weight excluding hydrogens is 326 g/mol. The summed E-state index contributed by atoms with van der Waals surface area (Å²) in [7, 11) is 1.62. The van der Waals surface area contributed by atoms with Crippen LogP contribution in [0.25, 0.3) is 0 Å². The van der Waals surface area contributed by atoms with Gasteiger partial charge in [0.2, 0.25) is 5.91 Å². The lowest BCUT2D eigenvalue weighted by Crippen LogP contribution is -2.62. The summed E-state index contributed by atoms with van der Waals surface area (Å²) in [6.07, 6.45) is -0.413. The third-order valence-corrected chi connectivity index (χ3v) is 4.29. The van der Waals surface area contributed by atoms with Crippen LogP contribution in [0.2, 0.25) is 0 Å². The molecule has 2 rings (SSSR count). The third-order valence-electron chi connectivity index (χ3n) is 4.29. The fourth-order valence-electron chi connectivity index (χ4n) is 3.04. The summed E-state index contributed by atoms with van der Waals surface area (Å²) < 4.78 is 16.1. The van der Waals surface area contributed by atoms with Crippen LogP contribution in [0.4, 0.5) is 4.79 Å². The minimum atomic E-state index is -0.523. The number of methoxy groups -OCH3 is 1. The normalized spacial score (nSPS) is 28.2. The molecular formula is C17H31N3O5. The van der Waals surface area contributed by atoms with Crippen molar-refractivity contribution in [3.8, 4) is 0 Å². The quantitative estimate of drug-likeness (QED) is 0.787. The van der Waals surface area contributed by atoms with Gasteiger partial charge in [0.1, 0.15) is 12.2 Å². The number of carbonyl (C=O) groups is 2. The molecule has 0 aromatic carbocycles. The average Bonchev–Trinajstić information content (AvgIpc) is 2.51. The van der Waals surface area contributed by atoms with E-state index in [-0.39, 0.29) is 36.8 Å². The summed E-state index contributed by atoms with van der Waals surface area (Å²) in [5.74, 6) is -0.0309. The number of piperazine rings is 1. The van der Waals surface area contributed by atoms with Crippen LogP contribution < -0.4 is 5.32 Å². The van der Waals surface area contributed by atoms with E-state index < -0.39 is 5.60 Å². The molecule has 0 radical (unpaired) electrons. The van der Waals surface area contributed by atoms with E-state index in [0.717, 1.165) is 0 Å². The molecule has 8 nitrogen and oxygen atoms in total. The first-order valence-electron chi connectivity index (χ1n) is 8.81. The van der Waals surface area contributed by atoms with Gasteiger partial charge in [-0.2, -0.15) is 0 Å². The van der Waals surface area contributed by atoms with E-state index in [1.807, 2.05) is 27.7 Å². The van der Waals surface area contributed by atoms with Gasteiger partial charge in [-0.15, -0.1) is 0 Å². The molecule has 0 bridgehead atoms. The molecule has 2 saturated heterocycles. The molecule has 144 valence electrons. The molecule has 0 spiro atoms. The van der Waals surface area contributed by atoms with E-state index in [0.29, 0.717) is 32.8 Å². The molecule has 1 N–H and O–H groups in total. The number of nitrogens with one attached hydrogen (secondary N) is 1. The number of morpholine rings is 1. The second kappa shape index (κ2) is 8.33. The van der Waals surface area contributed by atoms with Crippen LogP contribution in [0, 0.1) is 0 Å². The fourth-order valence-corrected chi connectivity index (χ4v) is 3.04. The van der Waals surface area contributed by atoms with E-state index in [1.165, 1.54) is 0 Å². The largest absolute Gasteiger partial charge is 0.444 e. The number of rotatable bonds is 4. The van der Waals surface area contributed by atoms with Gasteiger partial charge in [-0.25, -0.2) is 4.79 Å². The molecule has 0 saturated carbocycles. The molecule has 2 fully saturated rings. The Morgan fingerprint density at radius 3 is 2.72 bits per heavy atom. The molecule has 2 aliphatic rings. The fraction of sp³-hybridized carbons (Fsp3) is 0.882. The predicted octanol–water partition coefficient (Wildman–Crippen LogP) is 0.458. The van der Waals surface area contributed by atoms with Crippen molar-refractivity contribution in [2.75, 3.05) is 46.5 Å². The molecule has 3 atom stereocenters. The Morgan fingerprint density at radius 2 is 2.08 bits per heavy atom. The smallest absolute Gasteiger partial charge is 0.410 e. The lowest BCUT2D eigenvalue weighted by molar-refractivity contribution is -0.152. The van der Waals surface area contributed by atoms with Gasteiger partial charge in [0, 0.05) is 45.4 Å². The Bertz CT molecular complexity index is 479. The van der Waals surface area contributed by atoms with Crippen LogP contribution in [0.5, 0.6) is 0 Å². The highest BCUT2D eigenvalue weighted by Crippen LogP contribution is 2.16. The van der Waals surface area contributed by atoms with Gasteiger partial charge < -0.3 is 29.3 Å². The second-order valence-electron chi connectivity index (χ2n) is 7.77. The lowest BCUT2D eigenvalue weighted by atomic mass is 10.1. The summed E-state index contributed by atoms with van der Waals surface area (Å²) in [6.45, 7) is 10.3. The molecule has 0 aromatic rings. The maximum Gasteiger partial charge on any atom is 0.410 e. The van der Waals surface area contributed by atoms with Gasteiger partial charge in [0.05, 0.1) is 12.7 Å². The van der Waals surface area contributed by atoms with Crippen LogP contribution in [-0.4, -0.2) is 92.1 Å². The van der Waals surface area contributed by atoms with E-state index in [4.69, 9.17) is 14.2 Å². The Balaban J connectivity index is 1.93. The number of carbonyl (C=O) groups excluding carboxylic acids is 2. The maximum absolute atomic E-state index is 12.4. The monoisotopic (exact) mass is 357 g/mol. The molecule has 8 heteroatoms. The number of nitrogens with zero attached hydrogens (tertiary/aromatic N) is 2. The van der Waals surface area contributed by atoms with Crippen molar-refractivity contribution in [3.63, 3.8) is 0 Å². The highest BCUT2D eigenvalue weighted by Gasteiger charge is 2.34. The summed E-state index contributed by atoms with van der Waals surface area (Å²) in [5.41, 5.74) is -0.523. The van der Waals surface area contributed by atoms with E-state index in [9.17, 15) is 9.59 Å². The predicted molar refractivity (Wildman–Crippen MR) is 92.4 cm³/mol. The minimum Gasteiger partial charge on any atom is -0.444 e. The van der Waals surface area contributed by atoms with Crippen molar-refractivity contribution in [2.45, 2.75) is 51.5 Å². The van der Waals surface area contributed by atoms with E-state index in [2.05, 4.69) is 5.32 Å². The summed E-state index contributed by atoms with van der Waals surface area (Å²) in [5, 5.41) is 3.42. The first kappa shape index (κ1) is 19.9. The van der Waals surface area contributed by atoms with Gasteiger partial charge in [0.25, 0.3) is 0 Å². The zero-order chi connectivity index (χ0) is 18.6. The average molecular weight is 357 g/mol. The van der Waals surface area contributed by atoms with Crippen LogP contribution in [0.15, 0.2) is 0 Å². The lowest BCUT2D eigenvalue weighted by Gasteiger charge is -2.42. The molecule has 0 unspecified atom stereocenters. The van der Waals surface area contributed by atoms with Crippen molar-refractivity contribution in [1.29, 1.82) is 0 Å². The first-order valence-corrected chi connectivity index (χ1v) is 8.81. The molecule has 0 aromatic heterocycles. The summed E-state index contributed by atoms with van der Waals surface area (Å²) >= 11 is 0. The van der Waals surface area contributed by atoms with Crippen LogP contribution in [0.1, 0.15) is 27.7 Å². The molecule has 2 heterocycles. The summed E-state index contributed by atoms with van der Waals surface area (Å²) in [6, 6.07) is 0.0571. The Morgan fingerprint density at radius 1 is 1.36 bits per heavy atom. The standard InChI is InChI=1S/C17H31N3O5/c1-12-6-18-13(8-20(12)16(22)25-17(2,3)4)7-19-9-14(10-23-5)24-11-15(19)21/h12-14,18H,6-11H2,1-5H3/t12-,13+,14+/m1/s1. The number of hydrogen-bond donors (Lipinski definition) is 1. The number of amides is 2. The van der Waals surface area contributed by atoms with Gasteiger partial charge in [-0.05, 0) is 27.7 Å². The van der Waals surface area contributed by atoms with Crippen molar-refractivity contribution in [2.24, 2.45) is 0 Å². The maximum atomic E-state index is 12.4. The van der Waals surface area contributed by atoms with E-state index >= 15 is 0 Å². The number of ether oxygens (including phenoxy) is 3. The summed E-state index contributed by atoms with van der Waals surface area (Å²) in [4.78, 5) is 28.1. The van der Waals surface area contributed by atoms with Crippen LogP contribution >= 0.6 is 0 Å². The van der Waals surface area contributed by atoms with Gasteiger partial charge >= 0.3 is 6.09 Å². The Labute approximate surface area is 149 Å². The number of hydrogen-bond acceptors (Lipinski definition) is 6. The molecule has 2 aliphatic heterocycles. The Hall–Kier alpha value is -1.38. The molecule has 0 aliphatic carbocycles. The van der Waals surface area contributed by atoms with Crippen molar-refractivity contribution in [3.05, 3.63) is 0 Å². The topological polar surface area (TPSA) is 80.3 Å². The zero-order valence-electron chi connectivity index (χ0n) is 15.9. The van der Waals surface area contributed by atoms with Crippen molar-refractivity contribution in [1.82, 2.24) is 15.1 Å². The highest BCUT2D eigenvalue weighted by atomic mass is 16.6. The van der Waals surface area contributed by atoms with Crippen LogP contribution in [-0.2, 0) is 19.0 Å². The van der Waals surface area contributed by atoms with E-state index in [1.54, 1.807) is 16.9 Å². The van der Waals surface area contributed by atoms with Crippen molar-refractivity contribution >= 4 is 12.0 Å². The second-order valence-corrected chi connectivity index (χ2v) is 7.77. The van der Waals surface area contributed by atoms with Crippen LogP contribution in [0.3, 0.4) is 0 Å². The highest BCUT2D eigenvalue weighted by molar-refractivity contribution is 5.78. The minimum absolute atomic E-state index is 0.00830. The molecule has 25 heavy (non-hydrogen) atoms. The van der Waals surface area contributed by atoms with Gasteiger partial charge in [-0.1, -0.05) is 0 Å². The van der Waals surface area contributed by atoms with Gasteiger partial charge in [-0.3, -0.25) is 4.79 Å². The van der Waals surface area contributed by atoms with Crippen molar-refractivity contribution < 1.29 is 23.8 Å². The zero-order valence-corrected chi connectivity index (χ0v) is 15.9. The first-order chi connectivity index (χ1) is 11.7.